The zero-order chi connectivity index (χ0) is 11.3. The lowest BCUT2D eigenvalue weighted by molar-refractivity contribution is -0.154. The number of rotatable bonds is 3. The third kappa shape index (κ3) is 3.69. The molecule has 0 saturated heterocycles. The van der Waals surface area contributed by atoms with Crippen LogP contribution in [-0.2, 0) is 9.53 Å². The lowest BCUT2D eigenvalue weighted by Gasteiger charge is -2.25. The summed E-state index contributed by atoms with van der Waals surface area (Å²) in [5.41, 5.74) is 0.659. The summed E-state index contributed by atoms with van der Waals surface area (Å²) >= 11 is 0. The molecule has 1 fully saturated rings. The van der Waals surface area contributed by atoms with Gasteiger partial charge < -0.3 is 4.74 Å². The molecule has 86 valence electrons. The summed E-state index contributed by atoms with van der Waals surface area (Å²) < 4.78 is 5.26. The molecule has 15 heavy (non-hydrogen) atoms. The highest BCUT2D eigenvalue weighted by molar-refractivity contribution is 5.76. The molecule has 0 N–H and O–H groups in total. The van der Waals surface area contributed by atoms with Gasteiger partial charge in [0.1, 0.15) is 6.61 Å². The fourth-order valence-corrected chi connectivity index (χ4v) is 2.08. The molecule has 1 saturated carbocycles. The first-order valence-electron chi connectivity index (χ1n) is 5.86. The first-order valence-corrected chi connectivity index (χ1v) is 5.86. The molecule has 0 amide bonds. The molecular formula is C13H22O2. The van der Waals surface area contributed by atoms with Crippen molar-refractivity contribution < 1.29 is 9.53 Å². The van der Waals surface area contributed by atoms with E-state index in [2.05, 4.69) is 6.58 Å². The van der Waals surface area contributed by atoms with Gasteiger partial charge in [0.25, 0.3) is 0 Å². The molecule has 0 atom stereocenters. The maximum atomic E-state index is 11.9. The Labute approximate surface area is 92.7 Å². The van der Waals surface area contributed by atoms with Gasteiger partial charge in [-0.25, -0.2) is 0 Å². The van der Waals surface area contributed by atoms with Crippen LogP contribution < -0.4 is 0 Å². The maximum absolute atomic E-state index is 11.9. The summed E-state index contributed by atoms with van der Waals surface area (Å²) in [6.07, 6.45) is 6.76. The van der Waals surface area contributed by atoms with Gasteiger partial charge in [-0.1, -0.05) is 32.3 Å². The summed E-state index contributed by atoms with van der Waals surface area (Å²) in [6.45, 7) is 8.02. The van der Waals surface area contributed by atoms with Crippen molar-refractivity contribution in [3.05, 3.63) is 12.2 Å². The fraction of sp³-hybridized carbons (Fsp3) is 0.769. The minimum absolute atomic E-state index is 0.0348. The highest BCUT2D eigenvalue weighted by Crippen LogP contribution is 2.35. The second-order valence-electron chi connectivity index (χ2n) is 5.01. The van der Waals surface area contributed by atoms with Gasteiger partial charge in [0.15, 0.2) is 0 Å². The van der Waals surface area contributed by atoms with Gasteiger partial charge >= 0.3 is 5.97 Å². The van der Waals surface area contributed by atoms with Crippen molar-refractivity contribution >= 4 is 5.97 Å². The fourth-order valence-electron chi connectivity index (χ4n) is 2.08. The molecule has 0 spiro atoms. The van der Waals surface area contributed by atoms with Crippen LogP contribution in [0.4, 0.5) is 0 Å². The Morgan fingerprint density at radius 1 is 1.27 bits per heavy atom. The van der Waals surface area contributed by atoms with Crippen molar-refractivity contribution in [1.82, 2.24) is 0 Å². The Kier molecular flexibility index (Phi) is 4.37. The second kappa shape index (κ2) is 5.34. The molecule has 0 aliphatic heterocycles. The van der Waals surface area contributed by atoms with Gasteiger partial charge in [-0.05, 0) is 32.3 Å². The van der Waals surface area contributed by atoms with E-state index >= 15 is 0 Å². The van der Waals surface area contributed by atoms with E-state index in [-0.39, 0.29) is 11.4 Å². The number of carbonyl (C=O) groups excluding carboxylic acids is 1. The molecule has 0 aromatic rings. The molecule has 1 rings (SSSR count). The standard InChI is InChI=1S/C13H22O2/c1-11(2)10-15-12(14)13(3)8-6-4-5-7-9-13/h1,4-10H2,2-3H3. The predicted octanol–water partition coefficient (Wildman–Crippen LogP) is 3.47. The SMILES string of the molecule is C=C(C)COC(=O)C1(C)CCCCCC1. The summed E-state index contributed by atoms with van der Waals surface area (Å²) in [5.74, 6) is -0.0348. The molecule has 0 bridgehead atoms. The molecule has 2 heteroatoms. The third-order valence-corrected chi connectivity index (χ3v) is 3.15. The van der Waals surface area contributed by atoms with Crippen LogP contribution in [0.25, 0.3) is 0 Å². The number of carbonyl (C=O) groups is 1. The first kappa shape index (κ1) is 12.3. The maximum Gasteiger partial charge on any atom is 0.312 e. The molecule has 0 radical (unpaired) electrons. The second-order valence-corrected chi connectivity index (χ2v) is 5.01. The minimum atomic E-state index is -0.244. The number of hydrogen-bond donors (Lipinski definition) is 0. The van der Waals surface area contributed by atoms with Crippen molar-refractivity contribution in [2.75, 3.05) is 6.61 Å². The predicted molar refractivity (Wildman–Crippen MR) is 61.6 cm³/mol. The Bertz CT molecular complexity index is 235. The molecule has 0 aromatic heterocycles. The van der Waals surface area contributed by atoms with Crippen molar-refractivity contribution in [2.24, 2.45) is 5.41 Å². The van der Waals surface area contributed by atoms with Crippen molar-refractivity contribution in [1.29, 1.82) is 0 Å². The van der Waals surface area contributed by atoms with Crippen molar-refractivity contribution in [3.8, 4) is 0 Å². The Hall–Kier alpha value is -0.790. The highest BCUT2D eigenvalue weighted by Gasteiger charge is 2.34. The third-order valence-electron chi connectivity index (χ3n) is 3.15. The van der Waals surface area contributed by atoms with E-state index in [0.29, 0.717) is 6.61 Å². The van der Waals surface area contributed by atoms with Crippen LogP contribution >= 0.6 is 0 Å². The van der Waals surface area contributed by atoms with Gasteiger partial charge in [-0.15, -0.1) is 0 Å². The highest BCUT2D eigenvalue weighted by atomic mass is 16.5. The average Bonchev–Trinajstić information content (AvgIpc) is 2.40. The minimum Gasteiger partial charge on any atom is -0.461 e. The van der Waals surface area contributed by atoms with E-state index in [0.717, 1.165) is 31.3 Å². The largest absolute Gasteiger partial charge is 0.461 e. The Balaban J connectivity index is 2.50. The normalized spacial score (nSPS) is 20.4. The number of hydrogen-bond acceptors (Lipinski definition) is 2. The Morgan fingerprint density at radius 3 is 2.27 bits per heavy atom. The zero-order valence-electron chi connectivity index (χ0n) is 9.97. The summed E-state index contributed by atoms with van der Waals surface area (Å²) in [5, 5.41) is 0. The van der Waals surface area contributed by atoms with Crippen LogP contribution in [0.5, 0.6) is 0 Å². The summed E-state index contributed by atoms with van der Waals surface area (Å²) in [6, 6.07) is 0. The smallest absolute Gasteiger partial charge is 0.312 e. The van der Waals surface area contributed by atoms with Crippen LogP contribution in [0.15, 0.2) is 12.2 Å². The van der Waals surface area contributed by atoms with E-state index in [1.807, 2.05) is 13.8 Å². The van der Waals surface area contributed by atoms with Crippen LogP contribution in [0.1, 0.15) is 52.4 Å². The molecule has 0 aromatic carbocycles. The molecule has 0 unspecified atom stereocenters. The molecule has 2 nitrogen and oxygen atoms in total. The van der Waals surface area contributed by atoms with E-state index < -0.39 is 0 Å². The van der Waals surface area contributed by atoms with Gasteiger partial charge in [0.05, 0.1) is 5.41 Å². The van der Waals surface area contributed by atoms with Crippen LogP contribution in [0, 0.1) is 5.41 Å². The summed E-state index contributed by atoms with van der Waals surface area (Å²) in [7, 11) is 0. The molecule has 1 aliphatic carbocycles. The Morgan fingerprint density at radius 2 is 1.80 bits per heavy atom. The van der Waals surface area contributed by atoms with Gasteiger partial charge in [0, 0.05) is 0 Å². The van der Waals surface area contributed by atoms with Gasteiger partial charge in [-0.3, -0.25) is 4.79 Å². The molecular weight excluding hydrogens is 188 g/mol. The lowest BCUT2D eigenvalue weighted by atomic mass is 9.83. The average molecular weight is 210 g/mol. The van der Waals surface area contributed by atoms with E-state index in [1.54, 1.807) is 0 Å². The van der Waals surface area contributed by atoms with Gasteiger partial charge in [0.2, 0.25) is 0 Å². The van der Waals surface area contributed by atoms with Crippen molar-refractivity contribution in [3.63, 3.8) is 0 Å². The van der Waals surface area contributed by atoms with E-state index in [9.17, 15) is 4.79 Å². The van der Waals surface area contributed by atoms with E-state index in [1.165, 1.54) is 12.8 Å². The lowest BCUT2D eigenvalue weighted by Crippen LogP contribution is -2.29. The topological polar surface area (TPSA) is 26.3 Å². The van der Waals surface area contributed by atoms with Gasteiger partial charge in [-0.2, -0.15) is 0 Å². The monoisotopic (exact) mass is 210 g/mol. The van der Waals surface area contributed by atoms with Crippen LogP contribution in [0.3, 0.4) is 0 Å². The number of esters is 1. The summed E-state index contributed by atoms with van der Waals surface area (Å²) in [4.78, 5) is 11.9. The van der Waals surface area contributed by atoms with Crippen LogP contribution in [-0.4, -0.2) is 12.6 Å². The van der Waals surface area contributed by atoms with Crippen LogP contribution in [0.2, 0.25) is 0 Å². The number of ether oxygens (including phenoxy) is 1. The molecule has 0 heterocycles. The first-order chi connectivity index (χ1) is 7.04. The quantitative estimate of drug-likeness (QED) is 0.405. The van der Waals surface area contributed by atoms with Crippen molar-refractivity contribution in [2.45, 2.75) is 52.4 Å². The molecule has 1 aliphatic rings. The zero-order valence-corrected chi connectivity index (χ0v) is 9.97. The van der Waals surface area contributed by atoms with E-state index in [4.69, 9.17) is 4.74 Å².